The summed E-state index contributed by atoms with van der Waals surface area (Å²) in [5.74, 6) is 0. The summed E-state index contributed by atoms with van der Waals surface area (Å²) in [6.45, 7) is 6.35. The average molecular weight is 306 g/mol. The van der Waals surface area contributed by atoms with E-state index in [-0.39, 0.29) is 6.03 Å². The van der Waals surface area contributed by atoms with Crippen LogP contribution in [0.15, 0.2) is 0 Å². The van der Waals surface area contributed by atoms with Crippen LogP contribution >= 0.6 is 0 Å². The van der Waals surface area contributed by atoms with Crippen molar-refractivity contribution in [2.45, 2.75) is 39.2 Å². The highest BCUT2D eigenvalue weighted by molar-refractivity contribution is 6.60. The maximum Gasteiger partial charge on any atom is 0.500 e. The van der Waals surface area contributed by atoms with Crippen LogP contribution < -0.4 is 5.32 Å². The topological polar surface area (TPSA) is 60.0 Å². The monoisotopic (exact) mass is 306 g/mol. The van der Waals surface area contributed by atoms with Crippen molar-refractivity contribution >= 4 is 14.8 Å². The van der Waals surface area contributed by atoms with Crippen LogP contribution in [-0.4, -0.2) is 60.7 Å². The zero-order valence-electron chi connectivity index (χ0n) is 13.5. The van der Waals surface area contributed by atoms with E-state index in [0.717, 1.165) is 32.4 Å². The molecule has 0 rings (SSSR count). The van der Waals surface area contributed by atoms with E-state index in [2.05, 4.69) is 19.2 Å². The molecule has 0 atom stereocenters. The molecule has 20 heavy (non-hydrogen) atoms. The molecule has 0 radical (unpaired) electrons. The lowest BCUT2D eigenvalue weighted by Gasteiger charge is -2.25. The van der Waals surface area contributed by atoms with E-state index < -0.39 is 8.80 Å². The van der Waals surface area contributed by atoms with Crippen LogP contribution in [0.2, 0.25) is 6.04 Å². The third kappa shape index (κ3) is 6.69. The minimum absolute atomic E-state index is 0.00761. The van der Waals surface area contributed by atoms with Crippen molar-refractivity contribution in [3.63, 3.8) is 0 Å². The van der Waals surface area contributed by atoms with Crippen LogP contribution in [0, 0.1) is 0 Å². The maximum atomic E-state index is 12.0. The van der Waals surface area contributed by atoms with Crippen molar-refractivity contribution in [2.24, 2.45) is 0 Å². The Morgan fingerprint density at radius 2 is 1.55 bits per heavy atom. The highest BCUT2D eigenvalue weighted by Crippen LogP contribution is 2.14. The third-order valence-corrected chi connectivity index (χ3v) is 5.98. The number of hydrogen-bond acceptors (Lipinski definition) is 4. The molecule has 0 unspecified atom stereocenters. The number of urea groups is 1. The van der Waals surface area contributed by atoms with Crippen LogP contribution in [0.1, 0.15) is 33.1 Å². The van der Waals surface area contributed by atoms with E-state index in [9.17, 15) is 4.79 Å². The fraction of sp³-hybridized carbons (Fsp3) is 0.923. The summed E-state index contributed by atoms with van der Waals surface area (Å²) in [5.41, 5.74) is 0. The molecule has 0 aromatic carbocycles. The second-order valence-electron chi connectivity index (χ2n) is 4.62. The van der Waals surface area contributed by atoms with Gasteiger partial charge in [0.2, 0.25) is 0 Å². The number of nitrogens with zero attached hydrogens (tertiary/aromatic N) is 1. The van der Waals surface area contributed by atoms with Gasteiger partial charge in [-0.15, -0.1) is 0 Å². The molecule has 0 aromatic rings. The van der Waals surface area contributed by atoms with Gasteiger partial charge in [0.05, 0.1) is 0 Å². The van der Waals surface area contributed by atoms with Gasteiger partial charge in [-0.25, -0.2) is 4.79 Å². The van der Waals surface area contributed by atoms with Crippen molar-refractivity contribution < 1.29 is 18.1 Å². The number of carbonyl (C=O) groups excluding carboxylic acids is 1. The molecule has 7 heteroatoms. The predicted molar refractivity (Wildman–Crippen MR) is 81.8 cm³/mol. The minimum atomic E-state index is -2.51. The second kappa shape index (κ2) is 11.1. The van der Waals surface area contributed by atoms with E-state index in [0.29, 0.717) is 12.6 Å². The summed E-state index contributed by atoms with van der Waals surface area (Å²) >= 11 is 0. The van der Waals surface area contributed by atoms with E-state index >= 15 is 0 Å². The van der Waals surface area contributed by atoms with Crippen LogP contribution in [0.25, 0.3) is 0 Å². The van der Waals surface area contributed by atoms with Crippen molar-refractivity contribution in [1.82, 2.24) is 10.2 Å². The van der Waals surface area contributed by atoms with Crippen LogP contribution in [0.4, 0.5) is 4.79 Å². The molecule has 2 amide bonds. The van der Waals surface area contributed by atoms with Gasteiger partial charge in [0.25, 0.3) is 0 Å². The summed E-state index contributed by atoms with van der Waals surface area (Å²) in [6, 6.07) is 0.700. The molecule has 6 nitrogen and oxygen atoms in total. The molecule has 0 aliphatic rings. The molecule has 0 aromatic heterocycles. The summed E-state index contributed by atoms with van der Waals surface area (Å²) in [7, 11) is 2.29. The normalized spacial score (nSPS) is 11.4. The number of nitrogens with one attached hydrogen (secondary N) is 1. The Balaban J connectivity index is 4.06. The fourth-order valence-electron chi connectivity index (χ4n) is 2.02. The lowest BCUT2D eigenvalue weighted by atomic mass is 10.3. The van der Waals surface area contributed by atoms with Gasteiger partial charge < -0.3 is 23.5 Å². The molecule has 120 valence electrons. The average Bonchev–Trinajstić information content (AvgIpc) is 2.48. The van der Waals surface area contributed by atoms with Crippen molar-refractivity contribution in [3.05, 3.63) is 0 Å². The Hall–Kier alpha value is -0.633. The van der Waals surface area contributed by atoms with Crippen molar-refractivity contribution in [1.29, 1.82) is 0 Å². The summed E-state index contributed by atoms with van der Waals surface area (Å²) in [4.78, 5) is 13.8. The quantitative estimate of drug-likeness (QED) is 0.469. The van der Waals surface area contributed by atoms with E-state index in [1.165, 1.54) is 0 Å². The minimum Gasteiger partial charge on any atom is -0.377 e. The molecule has 1 N–H and O–H groups in total. The number of hydrogen-bond donors (Lipinski definition) is 1. The highest BCUT2D eigenvalue weighted by atomic mass is 28.4. The second-order valence-corrected chi connectivity index (χ2v) is 7.71. The summed E-state index contributed by atoms with van der Waals surface area (Å²) in [5, 5.41) is 2.94. The van der Waals surface area contributed by atoms with Crippen molar-refractivity contribution in [2.75, 3.05) is 41.0 Å². The fourth-order valence-corrected chi connectivity index (χ4v) is 3.75. The lowest BCUT2D eigenvalue weighted by molar-refractivity contribution is 0.123. The molecule has 0 saturated heterocycles. The Morgan fingerprint density at radius 3 is 1.95 bits per heavy atom. The molecule has 0 aliphatic carbocycles. The Bertz CT molecular complexity index is 248. The first-order valence-corrected chi connectivity index (χ1v) is 9.20. The SMILES string of the molecule is CCCN(CCC)C(=O)NCCC[Si](OC)(OC)OC. The number of carbonyl (C=O) groups is 1. The first-order chi connectivity index (χ1) is 9.59. The molecule has 0 spiro atoms. The third-order valence-electron chi connectivity index (χ3n) is 3.14. The molecular formula is C13H30N2O4Si. The van der Waals surface area contributed by atoms with E-state index in [4.69, 9.17) is 13.3 Å². The van der Waals surface area contributed by atoms with E-state index in [1.807, 2.05) is 4.90 Å². The maximum absolute atomic E-state index is 12.0. The largest absolute Gasteiger partial charge is 0.500 e. The van der Waals surface area contributed by atoms with Crippen LogP contribution in [0.3, 0.4) is 0 Å². The zero-order valence-corrected chi connectivity index (χ0v) is 14.5. The van der Waals surface area contributed by atoms with Crippen LogP contribution in [-0.2, 0) is 13.3 Å². The lowest BCUT2D eigenvalue weighted by Crippen LogP contribution is -2.44. The molecular weight excluding hydrogens is 276 g/mol. The standard InChI is InChI=1S/C13H30N2O4Si/c1-6-10-15(11-7-2)13(16)14-9-8-12-20(17-3,18-4)19-5/h6-12H2,1-5H3,(H,14,16). The molecule has 0 heterocycles. The van der Waals surface area contributed by atoms with Gasteiger partial charge >= 0.3 is 14.8 Å². The molecule has 0 bridgehead atoms. The summed E-state index contributed by atoms with van der Waals surface area (Å²) < 4.78 is 16.0. The van der Waals surface area contributed by atoms with Crippen molar-refractivity contribution in [3.8, 4) is 0 Å². The highest BCUT2D eigenvalue weighted by Gasteiger charge is 2.36. The van der Waals surface area contributed by atoms with Gasteiger partial charge in [-0.1, -0.05) is 13.8 Å². The molecule has 0 fully saturated rings. The van der Waals surface area contributed by atoms with Gasteiger partial charge in [0.15, 0.2) is 0 Å². The van der Waals surface area contributed by atoms with Gasteiger partial charge in [-0.3, -0.25) is 0 Å². The molecule has 0 aliphatic heterocycles. The van der Waals surface area contributed by atoms with E-state index in [1.54, 1.807) is 21.3 Å². The zero-order chi connectivity index (χ0) is 15.4. The summed E-state index contributed by atoms with van der Waals surface area (Å²) in [6.07, 6.45) is 2.72. The smallest absolute Gasteiger partial charge is 0.377 e. The van der Waals surface area contributed by atoms with Crippen LogP contribution in [0.5, 0.6) is 0 Å². The Labute approximate surface area is 124 Å². The predicted octanol–water partition coefficient (Wildman–Crippen LogP) is 2.09. The number of amides is 2. The number of rotatable bonds is 11. The Morgan fingerprint density at radius 1 is 1.05 bits per heavy atom. The van der Waals surface area contributed by atoms with Gasteiger partial charge in [-0.05, 0) is 19.3 Å². The Kier molecular flexibility index (Phi) is 10.7. The van der Waals surface area contributed by atoms with Gasteiger partial charge in [0, 0.05) is 47.0 Å². The van der Waals surface area contributed by atoms with Gasteiger partial charge in [0.1, 0.15) is 0 Å². The molecule has 0 saturated carbocycles. The first-order valence-electron chi connectivity index (χ1n) is 7.27. The first kappa shape index (κ1) is 19.4. The van der Waals surface area contributed by atoms with Gasteiger partial charge in [-0.2, -0.15) is 0 Å².